The molecule has 1 aliphatic heterocycles. The van der Waals surface area contributed by atoms with Crippen molar-refractivity contribution in [1.29, 1.82) is 0 Å². The summed E-state index contributed by atoms with van der Waals surface area (Å²) in [5.41, 5.74) is -0.295. The monoisotopic (exact) mass is 453 g/mol. The van der Waals surface area contributed by atoms with Crippen LogP contribution in [0.2, 0.25) is 0 Å². The van der Waals surface area contributed by atoms with Crippen LogP contribution in [0.15, 0.2) is 48.8 Å². The van der Waals surface area contributed by atoms with Gasteiger partial charge in [-0.25, -0.2) is 23.7 Å². The van der Waals surface area contributed by atoms with Gasteiger partial charge in [-0.2, -0.15) is 0 Å². The zero-order valence-electron chi connectivity index (χ0n) is 17.8. The van der Waals surface area contributed by atoms with Gasteiger partial charge in [0.1, 0.15) is 23.2 Å². The number of likely N-dealkylation sites (tertiary alicyclic amines) is 1. The summed E-state index contributed by atoms with van der Waals surface area (Å²) in [6.45, 7) is 3.03. The maximum absolute atomic E-state index is 14.2. The van der Waals surface area contributed by atoms with Crippen LogP contribution < -0.4 is 0 Å². The van der Waals surface area contributed by atoms with Crippen molar-refractivity contribution in [3.8, 4) is 11.3 Å². The highest BCUT2D eigenvalue weighted by Crippen LogP contribution is 2.33. The van der Waals surface area contributed by atoms with Crippen LogP contribution >= 0.6 is 0 Å². The highest BCUT2D eigenvalue weighted by atomic mass is 19.1. The van der Waals surface area contributed by atoms with E-state index >= 15 is 0 Å². The van der Waals surface area contributed by atoms with Crippen LogP contribution in [-0.2, 0) is 11.2 Å². The number of amides is 1. The second kappa shape index (κ2) is 9.35. The van der Waals surface area contributed by atoms with E-state index in [2.05, 4.69) is 15.0 Å². The van der Waals surface area contributed by atoms with Gasteiger partial charge in [0.05, 0.1) is 17.0 Å². The Kier molecular flexibility index (Phi) is 6.34. The average molecular weight is 453 g/mol. The highest BCUT2D eigenvalue weighted by Gasteiger charge is 2.37. The number of carbonyl (C=O) groups excluding carboxylic acids is 1. The van der Waals surface area contributed by atoms with Gasteiger partial charge in [-0.05, 0) is 30.7 Å². The maximum Gasteiger partial charge on any atom is 0.291 e. The second-order valence-corrected chi connectivity index (χ2v) is 7.90. The Morgan fingerprint density at radius 1 is 1.21 bits per heavy atom. The molecule has 170 valence electrons. The summed E-state index contributed by atoms with van der Waals surface area (Å²) in [5.74, 6) is -0.831. The lowest BCUT2D eigenvalue weighted by atomic mass is 9.83. The van der Waals surface area contributed by atoms with Crippen molar-refractivity contribution >= 4 is 11.6 Å². The van der Waals surface area contributed by atoms with Crippen LogP contribution in [0.1, 0.15) is 30.8 Å². The molecule has 1 aromatic carbocycles. The van der Waals surface area contributed by atoms with E-state index in [1.165, 1.54) is 18.2 Å². The molecule has 0 spiro atoms. The topological polar surface area (TPSA) is 102 Å². The minimum Gasteiger partial charge on any atom is -0.342 e. The van der Waals surface area contributed by atoms with E-state index in [4.69, 9.17) is 0 Å². The molecule has 1 unspecified atom stereocenters. The number of halogens is 2. The van der Waals surface area contributed by atoms with Crippen LogP contribution in [-0.4, -0.2) is 43.8 Å². The first kappa shape index (κ1) is 22.4. The van der Waals surface area contributed by atoms with E-state index in [9.17, 15) is 23.7 Å². The number of aromatic nitrogens is 3. The number of benzene rings is 1. The molecule has 4 rings (SSSR count). The number of carbonyl (C=O) groups is 1. The Hall–Kier alpha value is -3.82. The van der Waals surface area contributed by atoms with Crippen LogP contribution in [0.25, 0.3) is 11.3 Å². The third-order valence-electron chi connectivity index (χ3n) is 5.86. The smallest absolute Gasteiger partial charge is 0.291 e. The lowest BCUT2D eigenvalue weighted by Gasteiger charge is -2.42. The first-order chi connectivity index (χ1) is 15.9. The molecule has 1 atom stereocenters. The van der Waals surface area contributed by atoms with Crippen molar-refractivity contribution in [1.82, 2.24) is 19.9 Å². The number of hydrogen-bond acceptors (Lipinski definition) is 6. The predicted octanol–water partition coefficient (Wildman–Crippen LogP) is 3.92. The lowest BCUT2D eigenvalue weighted by Crippen LogP contribution is -2.52. The molecule has 8 nitrogen and oxygen atoms in total. The first-order valence-corrected chi connectivity index (χ1v) is 10.5. The number of nitrogens with zero attached hydrogens (tertiary/aromatic N) is 5. The fourth-order valence-electron chi connectivity index (χ4n) is 4.09. The van der Waals surface area contributed by atoms with Gasteiger partial charge in [0.25, 0.3) is 5.69 Å². The van der Waals surface area contributed by atoms with Crippen molar-refractivity contribution < 1.29 is 18.5 Å². The number of pyridine rings is 1. The molecule has 0 radical (unpaired) electrons. The maximum atomic E-state index is 14.2. The standard InChI is InChI=1S/C23H21F2N5O3/c1-2-16(23-26-8-3-9-27-23)14-12-29(13-14)22(31)11-20-21(30(32)33)7-6-19(28-20)17-5-4-15(24)10-18(17)25/h3-10,14,16H,2,11-13H2,1H3. The van der Waals surface area contributed by atoms with E-state index < -0.39 is 16.6 Å². The minimum atomic E-state index is -0.840. The van der Waals surface area contributed by atoms with Gasteiger partial charge in [-0.15, -0.1) is 0 Å². The molecule has 1 aliphatic rings. The summed E-state index contributed by atoms with van der Waals surface area (Å²) in [5, 5.41) is 11.5. The number of hydrogen-bond donors (Lipinski definition) is 0. The van der Waals surface area contributed by atoms with Gasteiger partial charge in [0.2, 0.25) is 5.91 Å². The molecule has 0 saturated carbocycles. The third kappa shape index (κ3) is 4.69. The molecule has 10 heteroatoms. The van der Waals surface area contributed by atoms with Crippen molar-refractivity contribution in [3.63, 3.8) is 0 Å². The SMILES string of the molecule is CCC(c1ncccn1)C1CN(C(=O)Cc2nc(-c3ccc(F)cc3F)ccc2[N+](=O)[O-])C1. The quantitative estimate of drug-likeness (QED) is 0.397. The van der Waals surface area contributed by atoms with Gasteiger partial charge in [0.15, 0.2) is 0 Å². The number of rotatable bonds is 7. The third-order valence-corrected chi connectivity index (χ3v) is 5.86. The summed E-state index contributed by atoms with van der Waals surface area (Å²) in [4.78, 5) is 38.1. The van der Waals surface area contributed by atoms with E-state index in [1.807, 2.05) is 6.92 Å². The lowest BCUT2D eigenvalue weighted by molar-refractivity contribution is -0.385. The Morgan fingerprint density at radius 2 is 1.94 bits per heavy atom. The van der Waals surface area contributed by atoms with Gasteiger partial charge in [-0.3, -0.25) is 14.9 Å². The summed E-state index contributed by atoms with van der Waals surface area (Å²) in [6, 6.07) is 7.22. The van der Waals surface area contributed by atoms with Crippen molar-refractivity contribution in [3.05, 3.63) is 82.1 Å². The van der Waals surface area contributed by atoms with Crippen molar-refractivity contribution in [2.75, 3.05) is 13.1 Å². The Labute approximate surface area is 188 Å². The molecule has 33 heavy (non-hydrogen) atoms. The highest BCUT2D eigenvalue weighted by molar-refractivity contribution is 5.80. The molecule has 1 fully saturated rings. The van der Waals surface area contributed by atoms with E-state index in [1.54, 1.807) is 23.4 Å². The van der Waals surface area contributed by atoms with Gasteiger partial charge < -0.3 is 4.90 Å². The molecule has 1 saturated heterocycles. The Bertz CT molecular complexity index is 1190. The predicted molar refractivity (Wildman–Crippen MR) is 115 cm³/mol. The van der Waals surface area contributed by atoms with Crippen LogP contribution in [0.5, 0.6) is 0 Å². The zero-order chi connectivity index (χ0) is 23.5. The fourth-order valence-corrected chi connectivity index (χ4v) is 4.09. The fraction of sp³-hybridized carbons (Fsp3) is 0.304. The van der Waals surface area contributed by atoms with Crippen LogP contribution in [0.4, 0.5) is 14.5 Å². The Morgan fingerprint density at radius 3 is 2.58 bits per heavy atom. The zero-order valence-corrected chi connectivity index (χ0v) is 17.8. The molecular weight excluding hydrogens is 432 g/mol. The molecule has 1 amide bonds. The van der Waals surface area contributed by atoms with E-state index in [-0.39, 0.29) is 46.8 Å². The largest absolute Gasteiger partial charge is 0.342 e. The molecule has 2 aromatic heterocycles. The van der Waals surface area contributed by atoms with Gasteiger partial charge >= 0.3 is 0 Å². The summed E-state index contributed by atoms with van der Waals surface area (Å²) < 4.78 is 27.4. The molecule has 0 aliphatic carbocycles. The second-order valence-electron chi connectivity index (χ2n) is 7.90. The van der Waals surface area contributed by atoms with Crippen LogP contribution in [0, 0.1) is 27.7 Å². The normalized spacial score (nSPS) is 14.6. The van der Waals surface area contributed by atoms with Crippen molar-refractivity contribution in [2.45, 2.75) is 25.7 Å². The van der Waals surface area contributed by atoms with Gasteiger partial charge in [0, 0.05) is 55.0 Å². The van der Waals surface area contributed by atoms with Gasteiger partial charge in [-0.1, -0.05) is 6.92 Å². The minimum absolute atomic E-state index is 0.00217. The molecule has 3 aromatic rings. The summed E-state index contributed by atoms with van der Waals surface area (Å²) in [6.07, 6.45) is 3.91. The molecule has 3 heterocycles. The summed E-state index contributed by atoms with van der Waals surface area (Å²) >= 11 is 0. The van der Waals surface area contributed by atoms with Crippen molar-refractivity contribution in [2.24, 2.45) is 5.92 Å². The average Bonchev–Trinajstić information content (AvgIpc) is 2.76. The Balaban J connectivity index is 1.50. The molecule has 0 bridgehead atoms. The van der Waals surface area contributed by atoms with Crippen LogP contribution in [0.3, 0.4) is 0 Å². The summed E-state index contributed by atoms with van der Waals surface area (Å²) in [7, 11) is 0. The number of nitro groups is 1. The molecule has 0 N–H and O–H groups in total. The molecular formula is C23H21F2N5O3. The van der Waals surface area contributed by atoms with E-state index in [0.717, 1.165) is 18.3 Å². The van der Waals surface area contributed by atoms with E-state index in [0.29, 0.717) is 19.2 Å². The first-order valence-electron chi connectivity index (χ1n) is 10.5.